The number of ether oxygens (including phenoxy) is 5. The smallest absolute Gasteiger partial charge is 0.338 e. The van der Waals surface area contributed by atoms with Crippen LogP contribution in [0.2, 0.25) is 0 Å². The Morgan fingerprint density at radius 2 is 1.80 bits per heavy atom. The first-order chi connectivity index (χ1) is 23.5. The van der Waals surface area contributed by atoms with Crippen molar-refractivity contribution in [3.05, 3.63) is 88.7 Å². The number of aliphatic hydroxyl groups excluding tert-OH is 2. The number of aliphatic hydroxyl groups is 2. The highest BCUT2D eigenvalue weighted by molar-refractivity contribution is 5.95. The summed E-state index contributed by atoms with van der Waals surface area (Å²) in [5, 5.41) is 24.1. The lowest BCUT2D eigenvalue weighted by Crippen LogP contribution is -2.43. The zero-order valence-electron chi connectivity index (χ0n) is 27.9. The van der Waals surface area contributed by atoms with Crippen LogP contribution in [0, 0.1) is 0 Å². The second-order valence-electron chi connectivity index (χ2n) is 12.6. The van der Waals surface area contributed by atoms with Crippen molar-refractivity contribution >= 4 is 29.8 Å². The van der Waals surface area contributed by atoms with Crippen molar-refractivity contribution in [3.8, 4) is 0 Å². The molecule has 2 aromatic carbocycles. The number of esters is 2. The van der Waals surface area contributed by atoms with E-state index in [1.54, 1.807) is 81.5 Å². The summed E-state index contributed by atoms with van der Waals surface area (Å²) in [5.41, 5.74) is 1.84. The van der Waals surface area contributed by atoms with Gasteiger partial charge in [-0.1, -0.05) is 24.3 Å². The van der Waals surface area contributed by atoms with Crippen LogP contribution >= 0.6 is 0 Å². The number of carbonyl (C=O) groups excluding carboxylic acids is 4. The Balaban J connectivity index is 1.31. The number of benzene rings is 2. The van der Waals surface area contributed by atoms with E-state index in [2.05, 4.69) is 10.6 Å². The summed E-state index contributed by atoms with van der Waals surface area (Å²) in [4.78, 5) is 51.2. The zero-order valence-corrected chi connectivity index (χ0v) is 27.9. The van der Waals surface area contributed by atoms with Gasteiger partial charge in [0.25, 0.3) is 5.91 Å². The van der Waals surface area contributed by atoms with Crippen LogP contribution in [0.15, 0.2) is 66.4 Å². The predicted molar refractivity (Wildman–Crippen MR) is 177 cm³/mol. The van der Waals surface area contributed by atoms with Crippen LogP contribution < -0.4 is 10.6 Å². The van der Waals surface area contributed by atoms with E-state index >= 15 is 0 Å². The minimum atomic E-state index is -0.765. The lowest BCUT2D eigenvalue weighted by atomic mass is 9.91. The number of hydrogen-bond donors (Lipinski definition) is 4. The molecule has 0 unspecified atom stereocenters. The Morgan fingerprint density at radius 3 is 2.51 bits per heavy atom. The molecule has 0 radical (unpaired) electrons. The van der Waals surface area contributed by atoms with Crippen LogP contribution in [-0.4, -0.2) is 90.5 Å². The first-order valence-corrected chi connectivity index (χ1v) is 16.1. The number of amides is 2. The van der Waals surface area contributed by atoms with Crippen LogP contribution in [-0.2, 0) is 39.8 Å². The number of fused-ring (bicyclic) bond motifs is 1. The van der Waals surface area contributed by atoms with Crippen LogP contribution in [0.1, 0.15) is 71.9 Å². The molecular formula is C36H44N2O11. The van der Waals surface area contributed by atoms with Crippen LogP contribution in [0.4, 0.5) is 0 Å². The summed E-state index contributed by atoms with van der Waals surface area (Å²) >= 11 is 0. The maximum Gasteiger partial charge on any atom is 0.338 e. The molecule has 4 atom stereocenters. The monoisotopic (exact) mass is 680 g/mol. The topological polar surface area (TPSA) is 179 Å². The SMILES string of the molecule is CC(C)(C)OC(=O)CC[C@@H](CO)NC(=O)c1cccc(CNC(=O)C2=C[C@H]3OCO[C@H]3[C@H](OC(=O)c3ccc(C=COCCO)cc3)C2)c1. The van der Waals surface area contributed by atoms with E-state index in [1.165, 1.54) is 6.26 Å². The molecule has 2 aromatic rings. The number of hydrogen-bond acceptors (Lipinski definition) is 11. The molecule has 13 nitrogen and oxygen atoms in total. The predicted octanol–water partition coefficient (Wildman–Crippen LogP) is 2.79. The molecule has 4 N–H and O–H groups in total. The van der Waals surface area contributed by atoms with Crippen molar-refractivity contribution in [3.63, 3.8) is 0 Å². The van der Waals surface area contributed by atoms with Gasteiger partial charge in [-0.05, 0) is 74.7 Å². The van der Waals surface area contributed by atoms with Gasteiger partial charge < -0.3 is 44.5 Å². The summed E-state index contributed by atoms with van der Waals surface area (Å²) in [7, 11) is 0. The Kier molecular flexibility index (Phi) is 13.5. The third-order valence-electron chi connectivity index (χ3n) is 7.57. The first-order valence-electron chi connectivity index (χ1n) is 16.1. The quantitative estimate of drug-likeness (QED) is 0.124. The fraction of sp³-hybridized carbons (Fsp3) is 0.444. The lowest BCUT2D eigenvalue weighted by molar-refractivity contribution is -0.155. The first kappa shape index (κ1) is 37.3. The molecule has 1 fully saturated rings. The molecule has 0 aromatic heterocycles. The van der Waals surface area contributed by atoms with Crippen molar-refractivity contribution in [1.82, 2.24) is 10.6 Å². The molecule has 0 spiro atoms. The van der Waals surface area contributed by atoms with Gasteiger partial charge in [0.15, 0.2) is 0 Å². The average molecular weight is 681 g/mol. The molecule has 0 bridgehead atoms. The molecule has 1 aliphatic heterocycles. The maximum atomic E-state index is 13.3. The summed E-state index contributed by atoms with van der Waals surface area (Å²) in [6.07, 6.45) is 3.30. The van der Waals surface area contributed by atoms with Gasteiger partial charge in [-0.2, -0.15) is 0 Å². The van der Waals surface area contributed by atoms with E-state index in [4.69, 9.17) is 28.8 Å². The third-order valence-corrected chi connectivity index (χ3v) is 7.57. The third kappa shape index (κ3) is 11.5. The minimum absolute atomic E-state index is 0.00116. The summed E-state index contributed by atoms with van der Waals surface area (Å²) < 4.78 is 27.5. The highest BCUT2D eigenvalue weighted by Crippen LogP contribution is 2.31. The molecule has 4 rings (SSSR count). The fourth-order valence-electron chi connectivity index (χ4n) is 5.19. The number of nitrogens with one attached hydrogen (secondary N) is 2. The van der Waals surface area contributed by atoms with E-state index in [0.29, 0.717) is 22.3 Å². The number of carbonyl (C=O) groups is 4. The van der Waals surface area contributed by atoms with E-state index in [0.717, 1.165) is 5.56 Å². The molecule has 2 amide bonds. The molecule has 49 heavy (non-hydrogen) atoms. The Bertz CT molecular complexity index is 1510. The fourth-order valence-corrected chi connectivity index (χ4v) is 5.19. The summed E-state index contributed by atoms with van der Waals surface area (Å²) in [6.45, 7) is 5.16. The summed E-state index contributed by atoms with van der Waals surface area (Å²) in [5.74, 6) is -1.80. The molecular weight excluding hydrogens is 636 g/mol. The highest BCUT2D eigenvalue weighted by atomic mass is 16.7. The van der Waals surface area contributed by atoms with Crippen molar-refractivity contribution in [1.29, 1.82) is 0 Å². The van der Waals surface area contributed by atoms with E-state index in [9.17, 15) is 24.3 Å². The Morgan fingerprint density at radius 1 is 1.02 bits per heavy atom. The van der Waals surface area contributed by atoms with E-state index in [1.807, 2.05) is 0 Å². The normalized spacial score (nSPS) is 19.4. The van der Waals surface area contributed by atoms with Crippen molar-refractivity contribution in [2.75, 3.05) is 26.6 Å². The molecule has 2 aliphatic rings. The van der Waals surface area contributed by atoms with Crippen LogP contribution in [0.25, 0.3) is 6.08 Å². The largest absolute Gasteiger partial charge is 0.499 e. The van der Waals surface area contributed by atoms with Crippen molar-refractivity contribution in [2.24, 2.45) is 0 Å². The second-order valence-corrected chi connectivity index (χ2v) is 12.6. The lowest BCUT2D eigenvalue weighted by Gasteiger charge is -2.30. The van der Waals surface area contributed by atoms with Gasteiger partial charge in [-0.3, -0.25) is 14.4 Å². The number of rotatable bonds is 15. The van der Waals surface area contributed by atoms with Gasteiger partial charge in [-0.15, -0.1) is 0 Å². The highest BCUT2D eigenvalue weighted by Gasteiger charge is 2.42. The molecule has 1 saturated heterocycles. The standard InChI is InChI=1S/C36H44N2O11/c1-36(2,3)49-31(41)12-11-28(21-40)38-34(43)26-6-4-5-24(17-26)20-37-33(42)27-18-29-32(47-22-46-29)30(19-27)48-35(44)25-9-7-23(8-10-25)13-15-45-16-14-39/h4-10,13,15,17-18,28-30,32,39-40H,11-12,14,16,19-22H2,1-3H3,(H,37,42)(H,38,43)/t28-,29+,30+,32+/m0/s1. The van der Waals surface area contributed by atoms with Crippen molar-refractivity contribution in [2.45, 2.75) is 76.5 Å². The van der Waals surface area contributed by atoms with E-state index < -0.39 is 47.8 Å². The van der Waals surface area contributed by atoms with Gasteiger partial charge in [0, 0.05) is 30.5 Å². The molecule has 1 heterocycles. The van der Waals surface area contributed by atoms with Crippen LogP contribution in [0.3, 0.4) is 0 Å². The minimum Gasteiger partial charge on any atom is -0.499 e. The molecule has 264 valence electrons. The van der Waals surface area contributed by atoms with Crippen LogP contribution in [0.5, 0.6) is 0 Å². The van der Waals surface area contributed by atoms with Gasteiger partial charge in [0.1, 0.15) is 37.3 Å². The molecule has 13 heteroatoms. The average Bonchev–Trinajstić information content (AvgIpc) is 3.56. The maximum absolute atomic E-state index is 13.3. The van der Waals surface area contributed by atoms with Gasteiger partial charge >= 0.3 is 11.9 Å². The Hall–Kier alpha value is -4.56. The van der Waals surface area contributed by atoms with Crippen molar-refractivity contribution < 1.29 is 53.1 Å². The van der Waals surface area contributed by atoms with Gasteiger partial charge in [0.2, 0.25) is 5.91 Å². The molecule has 1 aliphatic carbocycles. The Labute approximate surface area is 285 Å². The van der Waals surface area contributed by atoms with Gasteiger partial charge in [0.05, 0.1) is 31.1 Å². The zero-order chi connectivity index (χ0) is 35.4. The molecule has 0 saturated carbocycles. The van der Waals surface area contributed by atoms with Gasteiger partial charge in [-0.25, -0.2) is 4.79 Å². The summed E-state index contributed by atoms with van der Waals surface area (Å²) in [6, 6.07) is 12.7. The second kappa shape index (κ2) is 17.7. The van der Waals surface area contributed by atoms with E-state index in [-0.39, 0.29) is 58.3 Å².